The molecule has 2 rings (SSSR count). The number of likely N-dealkylation sites (tertiary alicyclic amines) is 1. The molecule has 86 valence electrons. The van der Waals surface area contributed by atoms with Gasteiger partial charge in [0.05, 0.1) is 13.1 Å². The van der Waals surface area contributed by atoms with Crippen LogP contribution in [0.3, 0.4) is 0 Å². The smallest absolute Gasteiger partial charge is 0.261 e. The molecule has 0 aromatic carbocycles. The first-order valence-corrected chi connectivity index (χ1v) is 5.70. The average Bonchev–Trinajstić information content (AvgIpc) is 2.74. The molecule has 2 fully saturated rings. The van der Waals surface area contributed by atoms with Crippen molar-refractivity contribution in [1.29, 1.82) is 0 Å². The van der Waals surface area contributed by atoms with Crippen molar-refractivity contribution in [3.63, 3.8) is 0 Å². The second-order valence-electron chi connectivity index (χ2n) is 4.76. The molecule has 2 nitrogen and oxygen atoms in total. The Hall–Kier alpha value is -0.510. The van der Waals surface area contributed by atoms with Crippen molar-refractivity contribution < 1.29 is 13.6 Å². The maximum atomic E-state index is 12.9. The number of nitrogens with zero attached hydrogens (tertiary/aromatic N) is 1. The topological polar surface area (TPSA) is 20.3 Å². The van der Waals surface area contributed by atoms with Gasteiger partial charge in [0.1, 0.15) is 5.78 Å². The largest absolute Gasteiger partial charge is 0.298 e. The molecule has 0 aromatic heterocycles. The molecule has 1 aliphatic carbocycles. The second kappa shape index (κ2) is 4.16. The Morgan fingerprint density at radius 1 is 1.33 bits per heavy atom. The number of hydrogen-bond acceptors (Lipinski definition) is 2. The number of carbonyl (C=O) groups excluding carboxylic acids is 1. The highest BCUT2D eigenvalue weighted by Crippen LogP contribution is 2.29. The maximum Gasteiger partial charge on any atom is 0.261 e. The van der Waals surface area contributed by atoms with Gasteiger partial charge in [-0.15, -0.1) is 0 Å². The normalized spacial score (nSPS) is 27.3. The Kier molecular flexibility index (Phi) is 3.05. The third-order valence-electron chi connectivity index (χ3n) is 3.44. The summed E-state index contributed by atoms with van der Waals surface area (Å²) in [5.41, 5.74) is 0. The Balaban J connectivity index is 1.79. The first kappa shape index (κ1) is 11.0. The minimum Gasteiger partial charge on any atom is -0.298 e. The summed E-state index contributed by atoms with van der Waals surface area (Å²) in [7, 11) is 0. The molecule has 0 bridgehead atoms. The highest BCUT2D eigenvalue weighted by Gasteiger charge is 2.39. The average molecular weight is 217 g/mol. The van der Waals surface area contributed by atoms with E-state index in [-0.39, 0.29) is 31.2 Å². The minimum absolute atomic E-state index is 0.0923. The molecular formula is C11H17F2NO. The quantitative estimate of drug-likeness (QED) is 0.721. The summed E-state index contributed by atoms with van der Waals surface area (Å²) in [6, 6.07) is 0. The maximum absolute atomic E-state index is 12.9. The molecule has 1 heterocycles. The van der Waals surface area contributed by atoms with Crippen LogP contribution in [0.15, 0.2) is 0 Å². The van der Waals surface area contributed by atoms with Crippen LogP contribution in [0, 0.1) is 5.92 Å². The molecule has 1 saturated heterocycles. The summed E-state index contributed by atoms with van der Waals surface area (Å²) in [6.45, 7) is 0.372. The van der Waals surface area contributed by atoms with Crippen LogP contribution in [0.25, 0.3) is 0 Å². The summed E-state index contributed by atoms with van der Waals surface area (Å²) < 4.78 is 25.7. The molecule has 0 aromatic rings. The van der Waals surface area contributed by atoms with Crippen molar-refractivity contribution in [2.45, 2.75) is 38.0 Å². The van der Waals surface area contributed by atoms with Gasteiger partial charge < -0.3 is 0 Å². The molecule has 1 saturated carbocycles. The van der Waals surface area contributed by atoms with Crippen LogP contribution in [0.4, 0.5) is 8.78 Å². The van der Waals surface area contributed by atoms with E-state index < -0.39 is 5.92 Å². The van der Waals surface area contributed by atoms with Gasteiger partial charge in [-0.25, -0.2) is 8.78 Å². The van der Waals surface area contributed by atoms with E-state index >= 15 is 0 Å². The van der Waals surface area contributed by atoms with E-state index in [1.165, 1.54) is 0 Å². The Morgan fingerprint density at radius 2 is 2.00 bits per heavy atom. The monoisotopic (exact) mass is 217 g/mol. The van der Waals surface area contributed by atoms with Gasteiger partial charge in [-0.2, -0.15) is 0 Å². The van der Waals surface area contributed by atoms with E-state index in [0.29, 0.717) is 6.54 Å². The molecule has 4 heteroatoms. The first-order chi connectivity index (χ1) is 7.07. The van der Waals surface area contributed by atoms with Crippen LogP contribution >= 0.6 is 0 Å². The van der Waals surface area contributed by atoms with E-state index in [1.54, 1.807) is 4.90 Å². The zero-order chi connectivity index (χ0) is 10.9. The lowest BCUT2D eigenvalue weighted by atomic mass is 10.0. The van der Waals surface area contributed by atoms with Crippen molar-refractivity contribution in [2.75, 3.05) is 19.6 Å². The SMILES string of the molecule is O=C(CN1CCC(F)(F)C1)C1CCCC1. The number of halogens is 2. The highest BCUT2D eigenvalue weighted by molar-refractivity contribution is 5.83. The molecule has 0 unspecified atom stereocenters. The summed E-state index contributed by atoms with van der Waals surface area (Å²) in [5, 5.41) is 0. The highest BCUT2D eigenvalue weighted by atomic mass is 19.3. The van der Waals surface area contributed by atoms with Crippen molar-refractivity contribution in [3.8, 4) is 0 Å². The van der Waals surface area contributed by atoms with Gasteiger partial charge in [0, 0.05) is 18.9 Å². The zero-order valence-corrected chi connectivity index (χ0v) is 8.85. The van der Waals surface area contributed by atoms with Crippen molar-refractivity contribution in [3.05, 3.63) is 0 Å². The molecule has 0 amide bonds. The van der Waals surface area contributed by atoms with Crippen LogP contribution in [0.2, 0.25) is 0 Å². The number of ketones is 1. The van der Waals surface area contributed by atoms with E-state index in [4.69, 9.17) is 0 Å². The summed E-state index contributed by atoms with van der Waals surface area (Å²) in [5.74, 6) is -2.25. The van der Waals surface area contributed by atoms with Crippen LogP contribution in [-0.4, -0.2) is 36.2 Å². The van der Waals surface area contributed by atoms with E-state index in [1.807, 2.05) is 0 Å². The lowest BCUT2D eigenvalue weighted by Crippen LogP contribution is -2.32. The number of rotatable bonds is 3. The lowest BCUT2D eigenvalue weighted by Gasteiger charge is -2.16. The fourth-order valence-electron chi connectivity index (χ4n) is 2.54. The Labute approximate surface area is 88.6 Å². The third-order valence-corrected chi connectivity index (χ3v) is 3.44. The summed E-state index contributed by atoms with van der Waals surface area (Å²) in [4.78, 5) is 13.3. The molecular weight excluding hydrogens is 200 g/mol. The van der Waals surface area contributed by atoms with Gasteiger partial charge in [0.15, 0.2) is 0 Å². The van der Waals surface area contributed by atoms with Gasteiger partial charge >= 0.3 is 0 Å². The molecule has 0 N–H and O–H groups in total. The third kappa shape index (κ3) is 2.74. The van der Waals surface area contributed by atoms with E-state index in [9.17, 15) is 13.6 Å². The second-order valence-corrected chi connectivity index (χ2v) is 4.76. The van der Waals surface area contributed by atoms with Gasteiger partial charge in [-0.05, 0) is 12.8 Å². The number of alkyl halides is 2. The van der Waals surface area contributed by atoms with Gasteiger partial charge in [-0.3, -0.25) is 9.69 Å². The van der Waals surface area contributed by atoms with Crippen molar-refractivity contribution >= 4 is 5.78 Å². The standard InChI is InChI=1S/C11H17F2NO/c12-11(13)5-6-14(8-11)7-10(15)9-3-1-2-4-9/h9H,1-8H2. The predicted octanol–water partition coefficient (Wildman–Crippen LogP) is 2.09. The van der Waals surface area contributed by atoms with Gasteiger partial charge in [0.2, 0.25) is 0 Å². The van der Waals surface area contributed by atoms with E-state index in [0.717, 1.165) is 25.7 Å². The van der Waals surface area contributed by atoms with Gasteiger partial charge in [-0.1, -0.05) is 12.8 Å². The van der Waals surface area contributed by atoms with Crippen LogP contribution in [-0.2, 0) is 4.79 Å². The Morgan fingerprint density at radius 3 is 2.53 bits per heavy atom. The number of carbonyl (C=O) groups is 1. The molecule has 0 radical (unpaired) electrons. The number of Topliss-reactive ketones (excluding diaryl/α,β-unsaturated/α-hetero) is 1. The molecule has 15 heavy (non-hydrogen) atoms. The predicted molar refractivity (Wildman–Crippen MR) is 53.0 cm³/mol. The van der Waals surface area contributed by atoms with E-state index in [2.05, 4.69) is 0 Å². The van der Waals surface area contributed by atoms with Crippen molar-refractivity contribution in [2.24, 2.45) is 5.92 Å². The fourth-order valence-corrected chi connectivity index (χ4v) is 2.54. The zero-order valence-electron chi connectivity index (χ0n) is 8.85. The summed E-state index contributed by atoms with van der Waals surface area (Å²) in [6.07, 6.45) is 4.07. The number of hydrogen-bond donors (Lipinski definition) is 0. The molecule has 0 atom stereocenters. The summed E-state index contributed by atoms with van der Waals surface area (Å²) >= 11 is 0. The van der Waals surface area contributed by atoms with Crippen LogP contribution in [0.5, 0.6) is 0 Å². The molecule has 2 aliphatic rings. The first-order valence-electron chi connectivity index (χ1n) is 5.70. The molecule has 1 aliphatic heterocycles. The fraction of sp³-hybridized carbons (Fsp3) is 0.909. The van der Waals surface area contributed by atoms with Crippen LogP contribution < -0.4 is 0 Å². The molecule has 0 spiro atoms. The van der Waals surface area contributed by atoms with Crippen molar-refractivity contribution in [1.82, 2.24) is 4.90 Å². The van der Waals surface area contributed by atoms with Crippen LogP contribution in [0.1, 0.15) is 32.1 Å². The lowest BCUT2D eigenvalue weighted by molar-refractivity contribution is -0.123. The Bertz CT molecular complexity index is 249. The minimum atomic E-state index is -2.57. The van der Waals surface area contributed by atoms with Gasteiger partial charge in [0.25, 0.3) is 5.92 Å².